The second-order valence-electron chi connectivity index (χ2n) is 10.7. The predicted molar refractivity (Wildman–Crippen MR) is 141 cm³/mol. The normalized spacial score (nSPS) is 13.4. The maximum Gasteiger partial charge on any atom is 0.411 e. The number of carbonyl (C=O) groups is 1. The molecule has 3 aromatic carbocycles. The molecule has 0 fully saturated rings. The van der Waals surface area contributed by atoms with E-state index in [1.165, 1.54) is 32.6 Å². The summed E-state index contributed by atoms with van der Waals surface area (Å²) < 4.78 is 5.77. The first-order chi connectivity index (χ1) is 15.0. The Morgan fingerprint density at radius 2 is 1.28 bits per heavy atom. The summed E-state index contributed by atoms with van der Waals surface area (Å²) in [5.74, 6) is 0.0640. The molecule has 0 unspecified atom stereocenters. The van der Waals surface area contributed by atoms with E-state index in [-0.39, 0.29) is 5.92 Å². The number of amides is 1. The Kier molecular flexibility index (Phi) is 5.90. The third-order valence-corrected chi connectivity index (χ3v) is 10.4. The first kappa shape index (κ1) is 22.6. The molecule has 5 heteroatoms. The van der Waals surface area contributed by atoms with E-state index >= 15 is 0 Å². The van der Waals surface area contributed by atoms with Crippen LogP contribution in [0.3, 0.4) is 0 Å². The van der Waals surface area contributed by atoms with Crippen LogP contribution in [0.25, 0.3) is 11.1 Å². The summed E-state index contributed by atoms with van der Waals surface area (Å²) in [6.45, 7) is 14.6. The van der Waals surface area contributed by atoms with Crippen LogP contribution in [0.5, 0.6) is 0 Å². The van der Waals surface area contributed by atoms with E-state index in [2.05, 4.69) is 81.0 Å². The van der Waals surface area contributed by atoms with Gasteiger partial charge < -0.3 is 4.74 Å². The fraction of sp³-hybridized carbons (Fsp3) is 0.296. The van der Waals surface area contributed by atoms with E-state index in [9.17, 15) is 4.79 Å². The Morgan fingerprint density at radius 3 is 1.75 bits per heavy atom. The van der Waals surface area contributed by atoms with E-state index in [0.717, 1.165) is 5.69 Å². The summed E-state index contributed by atoms with van der Waals surface area (Å²) in [6, 6.07) is 23.3. The van der Waals surface area contributed by atoms with Crippen molar-refractivity contribution in [2.24, 2.45) is 0 Å². The van der Waals surface area contributed by atoms with E-state index in [1.807, 2.05) is 30.3 Å². The topological polar surface area (TPSA) is 38.3 Å². The highest BCUT2D eigenvalue weighted by Gasteiger charge is 2.32. The molecule has 4 rings (SSSR count). The van der Waals surface area contributed by atoms with Gasteiger partial charge in [0.25, 0.3) is 0 Å². The fourth-order valence-corrected chi connectivity index (χ4v) is 6.65. The third-order valence-electron chi connectivity index (χ3n) is 6.28. The Morgan fingerprint density at radius 1 is 0.781 bits per heavy atom. The molecule has 3 nitrogen and oxygen atoms in total. The van der Waals surface area contributed by atoms with Gasteiger partial charge in [-0.2, -0.15) is 0 Å². The van der Waals surface area contributed by atoms with E-state index in [1.54, 1.807) is 0 Å². The summed E-state index contributed by atoms with van der Waals surface area (Å²) in [6.07, 6.45) is -0.408. The highest BCUT2D eigenvalue weighted by molar-refractivity contribution is 6.89. The number of carbonyl (C=O) groups excluding carboxylic acids is 1. The van der Waals surface area contributed by atoms with Crippen LogP contribution in [0.15, 0.2) is 66.7 Å². The number of hydrogen-bond acceptors (Lipinski definition) is 2. The molecule has 0 saturated heterocycles. The standard InChI is InChI=1S/C27H33NO2Si2/c1-31(2,3)20-12-14-22-23-15-13-21(32(4,5)6)17-25(23)26(24(22)16-20)18-30-27(29)28-19-10-8-7-9-11-19/h7-17,26H,18H2,1-6H3,(H,28,29). The molecule has 0 atom stereocenters. The lowest BCUT2D eigenvalue weighted by molar-refractivity contribution is 0.158. The zero-order valence-corrected chi connectivity index (χ0v) is 22.0. The van der Waals surface area contributed by atoms with Gasteiger partial charge in [-0.15, -0.1) is 0 Å². The van der Waals surface area contributed by atoms with Crippen LogP contribution in [0.2, 0.25) is 39.3 Å². The molecule has 1 N–H and O–H groups in total. The van der Waals surface area contributed by atoms with Gasteiger partial charge in [0, 0.05) is 11.6 Å². The Bertz CT molecular complexity index is 1080. The van der Waals surface area contributed by atoms with Crippen molar-refractivity contribution in [3.8, 4) is 11.1 Å². The Hall–Kier alpha value is -2.64. The Labute approximate surface area is 193 Å². The highest BCUT2D eigenvalue weighted by Crippen LogP contribution is 2.44. The molecular weight excluding hydrogens is 426 g/mol. The largest absolute Gasteiger partial charge is 0.448 e. The van der Waals surface area contributed by atoms with Gasteiger partial charge in [0.05, 0.1) is 16.1 Å². The number of para-hydroxylation sites is 1. The van der Waals surface area contributed by atoms with Gasteiger partial charge in [0.15, 0.2) is 0 Å². The average molecular weight is 460 g/mol. The third kappa shape index (κ3) is 4.59. The average Bonchev–Trinajstić information content (AvgIpc) is 3.04. The summed E-state index contributed by atoms with van der Waals surface area (Å²) in [4.78, 5) is 12.5. The molecule has 0 heterocycles. The van der Waals surface area contributed by atoms with Gasteiger partial charge >= 0.3 is 6.09 Å². The summed E-state index contributed by atoms with van der Waals surface area (Å²) in [5.41, 5.74) is 5.88. The molecule has 1 aliphatic rings. The monoisotopic (exact) mass is 459 g/mol. The van der Waals surface area contributed by atoms with Crippen LogP contribution in [-0.4, -0.2) is 28.8 Å². The van der Waals surface area contributed by atoms with Crippen molar-refractivity contribution in [2.75, 3.05) is 11.9 Å². The minimum Gasteiger partial charge on any atom is -0.448 e. The molecule has 0 bridgehead atoms. The van der Waals surface area contributed by atoms with Crippen molar-refractivity contribution in [3.63, 3.8) is 0 Å². The lowest BCUT2D eigenvalue weighted by Crippen LogP contribution is -2.38. The van der Waals surface area contributed by atoms with E-state index in [4.69, 9.17) is 4.74 Å². The van der Waals surface area contributed by atoms with Gasteiger partial charge in [-0.25, -0.2) is 4.79 Å². The molecule has 0 radical (unpaired) electrons. The second-order valence-corrected chi connectivity index (χ2v) is 20.9. The molecule has 0 aliphatic heterocycles. The number of anilines is 1. The highest BCUT2D eigenvalue weighted by atomic mass is 28.3. The lowest BCUT2D eigenvalue weighted by Gasteiger charge is -2.21. The number of benzene rings is 3. The van der Waals surface area contributed by atoms with Crippen LogP contribution in [-0.2, 0) is 4.74 Å². The van der Waals surface area contributed by atoms with Crippen molar-refractivity contribution >= 4 is 38.3 Å². The molecule has 1 aliphatic carbocycles. The zero-order chi connectivity index (χ0) is 23.1. The van der Waals surface area contributed by atoms with Gasteiger partial charge in [-0.3, -0.25) is 5.32 Å². The maximum atomic E-state index is 12.5. The van der Waals surface area contributed by atoms with Gasteiger partial charge in [0.2, 0.25) is 0 Å². The van der Waals surface area contributed by atoms with Crippen LogP contribution < -0.4 is 15.7 Å². The predicted octanol–water partition coefficient (Wildman–Crippen LogP) is 6.14. The summed E-state index contributed by atoms with van der Waals surface area (Å²) in [7, 11) is -2.92. The van der Waals surface area contributed by atoms with Crippen molar-refractivity contribution in [1.29, 1.82) is 0 Å². The zero-order valence-electron chi connectivity index (χ0n) is 20.0. The van der Waals surface area contributed by atoms with Crippen LogP contribution in [0.4, 0.5) is 10.5 Å². The van der Waals surface area contributed by atoms with E-state index in [0.29, 0.717) is 6.61 Å². The summed E-state index contributed by atoms with van der Waals surface area (Å²) >= 11 is 0. The van der Waals surface area contributed by atoms with Crippen molar-refractivity contribution in [2.45, 2.75) is 45.2 Å². The minimum atomic E-state index is -1.46. The number of nitrogens with one attached hydrogen (secondary N) is 1. The van der Waals surface area contributed by atoms with Crippen molar-refractivity contribution in [1.82, 2.24) is 0 Å². The Balaban J connectivity index is 1.67. The van der Waals surface area contributed by atoms with Gasteiger partial charge in [-0.05, 0) is 34.4 Å². The lowest BCUT2D eigenvalue weighted by atomic mass is 9.98. The maximum absolute atomic E-state index is 12.5. The van der Waals surface area contributed by atoms with E-state index < -0.39 is 22.2 Å². The number of hydrogen-bond donors (Lipinski definition) is 1. The SMILES string of the molecule is C[Si](C)(C)c1ccc2c(c1)C(COC(=O)Nc1ccccc1)c1cc([Si](C)(C)C)ccc1-2. The minimum absolute atomic E-state index is 0.0640. The molecule has 1 amide bonds. The van der Waals surface area contributed by atoms with Crippen molar-refractivity contribution < 1.29 is 9.53 Å². The molecule has 0 saturated carbocycles. The summed E-state index contributed by atoms with van der Waals surface area (Å²) in [5, 5.41) is 5.71. The fourth-order valence-electron chi connectivity index (χ4n) is 4.31. The van der Waals surface area contributed by atoms with Crippen molar-refractivity contribution in [3.05, 3.63) is 77.9 Å². The second kappa shape index (κ2) is 8.37. The van der Waals surface area contributed by atoms with Crippen LogP contribution >= 0.6 is 0 Å². The number of fused-ring (bicyclic) bond motifs is 3. The molecule has 0 aromatic heterocycles. The molecule has 3 aromatic rings. The van der Waals surface area contributed by atoms with Crippen LogP contribution in [0.1, 0.15) is 17.0 Å². The first-order valence-corrected chi connectivity index (χ1v) is 18.3. The smallest absolute Gasteiger partial charge is 0.411 e. The van der Waals surface area contributed by atoms with Gasteiger partial charge in [0.1, 0.15) is 6.61 Å². The molecule has 32 heavy (non-hydrogen) atoms. The van der Waals surface area contributed by atoms with Gasteiger partial charge in [-0.1, -0.05) is 104 Å². The van der Waals surface area contributed by atoms with Crippen LogP contribution in [0, 0.1) is 0 Å². The number of rotatable bonds is 5. The number of ether oxygens (including phenoxy) is 1. The molecular formula is C27H33NO2Si2. The molecule has 0 spiro atoms. The quantitative estimate of drug-likeness (QED) is 0.466. The molecule has 166 valence electrons. The first-order valence-electron chi connectivity index (χ1n) is 11.3.